The number of nitrogens with one attached hydrogen (secondary N) is 1. The first-order valence-corrected chi connectivity index (χ1v) is 14.5. The maximum Gasteiger partial charge on any atom is 0.353 e. The average Bonchev–Trinajstić information content (AvgIpc) is 3.58. The highest BCUT2D eigenvalue weighted by atomic mass is 32.2. The molecule has 0 spiro atoms. The predicted octanol–water partition coefficient (Wildman–Crippen LogP) is 2.24. The van der Waals surface area contributed by atoms with Gasteiger partial charge in [-0.25, -0.2) is 9.78 Å². The number of fused-ring (bicyclic) bond motifs is 2. The molecule has 1 saturated heterocycles. The number of amides is 2. The predicted molar refractivity (Wildman–Crippen MR) is 151 cm³/mol. The molecule has 3 aromatic rings. The van der Waals surface area contributed by atoms with Crippen molar-refractivity contribution >= 4 is 79.9 Å². The van der Waals surface area contributed by atoms with Gasteiger partial charge >= 0.3 is 5.97 Å². The standard InChI is InChI=1S/C25H22N6O5S3/c26-25-28-16(13-39-25)5-3-10-36-27-12-19(32)29-20-17-14-38-18(21(24(34)35)31(17)22(20)33)6-2-9-30-8-1-4-15-7-11-37-23(15)30/h1-8,11-13,17,20H,9-10,14H2,(H3-,26,28,29,32,34,35)/p+1/b5-3?,6-2+,27-12?/t17-,20+/m1/s1. The summed E-state index contributed by atoms with van der Waals surface area (Å²) in [7, 11) is 0. The summed E-state index contributed by atoms with van der Waals surface area (Å²) in [6.07, 6.45) is 9.91. The number of pyridine rings is 1. The van der Waals surface area contributed by atoms with Gasteiger partial charge in [-0.15, -0.1) is 23.1 Å². The molecule has 39 heavy (non-hydrogen) atoms. The molecular weight excluding hydrogens is 561 g/mol. The first kappa shape index (κ1) is 26.6. The number of aromatic nitrogens is 2. The third kappa shape index (κ3) is 5.87. The molecule has 2 amide bonds. The third-order valence-corrected chi connectivity index (χ3v) is 8.70. The highest BCUT2D eigenvalue weighted by Crippen LogP contribution is 2.39. The van der Waals surface area contributed by atoms with Crippen LogP contribution in [0.5, 0.6) is 0 Å². The number of carbonyl (C=O) groups is 3. The minimum Gasteiger partial charge on any atom is -0.477 e. The maximum absolute atomic E-state index is 12.8. The Hall–Kier alpha value is -4.01. The van der Waals surface area contributed by atoms with Crippen LogP contribution in [0.3, 0.4) is 0 Å². The molecule has 0 saturated carbocycles. The largest absolute Gasteiger partial charge is 0.477 e. The summed E-state index contributed by atoms with van der Waals surface area (Å²) in [6, 6.07) is 4.75. The van der Waals surface area contributed by atoms with Crippen LogP contribution in [0.25, 0.3) is 16.3 Å². The molecule has 4 N–H and O–H groups in total. The van der Waals surface area contributed by atoms with Crippen molar-refractivity contribution in [2.24, 2.45) is 5.16 Å². The summed E-state index contributed by atoms with van der Waals surface area (Å²) >= 11 is 4.30. The smallest absolute Gasteiger partial charge is 0.353 e. The average molecular weight is 584 g/mol. The minimum atomic E-state index is -1.19. The number of carboxylic acids is 1. The molecule has 0 bridgehead atoms. The molecule has 0 aliphatic carbocycles. The molecule has 2 atom stereocenters. The quantitative estimate of drug-likeness (QED) is 0.108. The Labute approximate surface area is 235 Å². The van der Waals surface area contributed by atoms with E-state index in [1.165, 1.54) is 28.0 Å². The van der Waals surface area contributed by atoms with Crippen LogP contribution in [0.4, 0.5) is 5.13 Å². The summed E-state index contributed by atoms with van der Waals surface area (Å²) < 4.78 is 2.08. The van der Waals surface area contributed by atoms with Crippen LogP contribution in [0.2, 0.25) is 0 Å². The van der Waals surface area contributed by atoms with Gasteiger partial charge in [0.25, 0.3) is 16.6 Å². The Balaban J connectivity index is 1.16. The fourth-order valence-electron chi connectivity index (χ4n) is 4.16. The molecule has 2 aliphatic rings. The lowest BCUT2D eigenvalue weighted by atomic mass is 9.94. The number of carbonyl (C=O) groups excluding carboxylic acids is 2. The first-order valence-electron chi connectivity index (χ1n) is 11.7. The van der Waals surface area contributed by atoms with Crippen LogP contribution in [0.1, 0.15) is 5.69 Å². The monoisotopic (exact) mass is 583 g/mol. The lowest BCUT2D eigenvalue weighted by Gasteiger charge is -2.49. The number of anilines is 1. The number of oxime groups is 1. The van der Waals surface area contributed by atoms with Crippen LogP contribution < -0.4 is 15.6 Å². The second kappa shape index (κ2) is 11.8. The molecule has 200 valence electrons. The zero-order chi connectivity index (χ0) is 27.4. The second-order valence-electron chi connectivity index (χ2n) is 8.38. The van der Waals surface area contributed by atoms with E-state index < -0.39 is 29.9 Å². The van der Waals surface area contributed by atoms with Crippen molar-refractivity contribution in [3.63, 3.8) is 0 Å². The number of hydrogen-bond donors (Lipinski definition) is 3. The minimum absolute atomic E-state index is 0.0759. The van der Waals surface area contributed by atoms with Crippen molar-refractivity contribution in [1.82, 2.24) is 15.2 Å². The molecule has 0 aromatic carbocycles. The number of thiazole rings is 1. The van der Waals surface area contributed by atoms with Crippen molar-refractivity contribution in [3.8, 4) is 0 Å². The van der Waals surface area contributed by atoms with Gasteiger partial charge in [0.1, 0.15) is 24.6 Å². The number of allylic oxidation sites excluding steroid dienone is 2. The molecule has 5 rings (SSSR count). The number of thioether (sulfide) groups is 1. The lowest BCUT2D eigenvalue weighted by Crippen LogP contribution is -2.72. The van der Waals surface area contributed by atoms with Crippen LogP contribution in [-0.4, -0.2) is 63.4 Å². The number of aliphatic carboxylic acids is 1. The van der Waals surface area contributed by atoms with E-state index >= 15 is 0 Å². The summed E-state index contributed by atoms with van der Waals surface area (Å²) in [4.78, 5) is 49.1. The summed E-state index contributed by atoms with van der Waals surface area (Å²) in [5.41, 5.74) is 6.18. The van der Waals surface area contributed by atoms with Crippen LogP contribution in [-0.2, 0) is 25.8 Å². The molecule has 1 fully saturated rings. The fourth-order valence-corrected chi connectivity index (χ4v) is 6.79. The Kier molecular flexibility index (Phi) is 8.05. The van der Waals surface area contributed by atoms with Crippen molar-refractivity contribution in [2.75, 3.05) is 18.1 Å². The zero-order valence-electron chi connectivity index (χ0n) is 20.3. The van der Waals surface area contributed by atoms with E-state index in [2.05, 4.69) is 20.0 Å². The number of β-lactam (4-membered cyclic amide) rings is 1. The normalized spacial score (nSPS) is 19.3. The molecule has 0 unspecified atom stereocenters. The molecule has 14 heteroatoms. The van der Waals surface area contributed by atoms with Gasteiger partial charge in [0.2, 0.25) is 0 Å². The number of hydrogen-bond acceptors (Lipinski definition) is 10. The third-order valence-electron chi connectivity index (χ3n) is 5.90. The van der Waals surface area contributed by atoms with Crippen molar-refractivity contribution in [2.45, 2.75) is 18.6 Å². The van der Waals surface area contributed by atoms with Gasteiger partial charge in [0, 0.05) is 22.1 Å². The zero-order valence-corrected chi connectivity index (χ0v) is 22.7. The molecule has 11 nitrogen and oxygen atoms in total. The first-order chi connectivity index (χ1) is 18.9. The van der Waals surface area contributed by atoms with E-state index in [1.807, 2.05) is 35.9 Å². The SMILES string of the molecule is Nc1nc(C=CCON=CC(=O)N[C@@H]2C(=O)N3C(C(=O)O)=C(/C=C/C[n+]4cccc5ccsc54)SC[C@H]23)cs1. The maximum atomic E-state index is 12.8. The molecule has 3 aromatic heterocycles. The van der Waals surface area contributed by atoms with Gasteiger partial charge in [0.05, 0.1) is 17.1 Å². The molecule has 0 radical (unpaired) electrons. The van der Waals surface area contributed by atoms with Gasteiger partial charge in [0.15, 0.2) is 17.9 Å². The van der Waals surface area contributed by atoms with Crippen molar-refractivity contribution in [3.05, 3.63) is 69.7 Å². The second-order valence-corrected chi connectivity index (χ2v) is 11.2. The number of carboxylic acid groups (broad SMARTS) is 1. The van der Waals surface area contributed by atoms with E-state index in [-0.39, 0.29) is 12.3 Å². The number of thiophene rings is 1. The van der Waals surface area contributed by atoms with Gasteiger partial charge in [-0.2, -0.15) is 4.57 Å². The number of nitrogen functional groups attached to an aromatic ring is 1. The number of rotatable bonds is 10. The highest BCUT2D eigenvalue weighted by molar-refractivity contribution is 8.03. The van der Waals surface area contributed by atoms with Crippen molar-refractivity contribution in [1.29, 1.82) is 0 Å². The van der Waals surface area contributed by atoms with E-state index in [9.17, 15) is 19.5 Å². The fraction of sp³-hybridized carbons (Fsp3) is 0.200. The summed E-state index contributed by atoms with van der Waals surface area (Å²) in [5, 5.41) is 21.5. The topological polar surface area (TPSA) is 151 Å². The van der Waals surface area contributed by atoms with Gasteiger partial charge in [-0.3, -0.25) is 14.5 Å². The van der Waals surface area contributed by atoms with Crippen molar-refractivity contribution < 1.29 is 28.9 Å². The number of nitrogens with zero attached hydrogens (tertiary/aromatic N) is 4. The van der Waals surface area contributed by atoms with E-state index in [1.54, 1.807) is 34.9 Å². The van der Waals surface area contributed by atoms with Crippen LogP contribution in [0, 0.1) is 0 Å². The highest BCUT2D eigenvalue weighted by Gasteiger charge is 2.53. The molecule has 5 heterocycles. The molecule has 2 aliphatic heterocycles. The molecular formula is C25H23N6O5S3+. The van der Waals surface area contributed by atoms with Crippen LogP contribution in [0.15, 0.2) is 69.1 Å². The lowest BCUT2D eigenvalue weighted by molar-refractivity contribution is -0.658. The van der Waals surface area contributed by atoms with Crippen LogP contribution >= 0.6 is 34.4 Å². The Morgan fingerprint density at radius 2 is 2.18 bits per heavy atom. The van der Waals surface area contributed by atoms with Gasteiger partial charge in [-0.05, 0) is 41.8 Å². The number of nitrogens with two attached hydrogens (primary N) is 1. The summed E-state index contributed by atoms with van der Waals surface area (Å²) in [5.74, 6) is -1.84. The summed E-state index contributed by atoms with van der Waals surface area (Å²) in [6.45, 7) is 0.669. The van der Waals surface area contributed by atoms with E-state index in [0.29, 0.717) is 28.0 Å². The Morgan fingerprint density at radius 3 is 2.97 bits per heavy atom. The Bertz CT molecular complexity index is 1540. The Morgan fingerprint density at radius 1 is 1.31 bits per heavy atom. The van der Waals surface area contributed by atoms with Gasteiger partial charge in [-0.1, -0.05) is 16.5 Å². The van der Waals surface area contributed by atoms with E-state index in [4.69, 9.17) is 10.6 Å². The van der Waals surface area contributed by atoms with Gasteiger partial charge < -0.3 is 21.0 Å². The van der Waals surface area contributed by atoms with E-state index in [0.717, 1.165) is 16.4 Å².